The van der Waals surface area contributed by atoms with Crippen molar-refractivity contribution in [2.75, 3.05) is 0 Å². The van der Waals surface area contributed by atoms with Gasteiger partial charge in [0.1, 0.15) is 17.3 Å². The van der Waals surface area contributed by atoms with E-state index in [9.17, 15) is 9.59 Å². The van der Waals surface area contributed by atoms with E-state index in [1.54, 1.807) is 55.5 Å². The number of ether oxygens (including phenoxy) is 2. The van der Waals surface area contributed by atoms with E-state index in [-0.39, 0.29) is 11.5 Å². The van der Waals surface area contributed by atoms with Gasteiger partial charge in [-0.25, -0.2) is 4.79 Å². The van der Waals surface area contributed by atoms with E-state index in [0.717, 1.165) is 0 Å². The highest BCUT2D eigenvalue weighted by Gasteiger charge is 2.30. The van der Waals surface area contributed by atoms with Crippen LogP contribution < -0.4 is 9.47 Å². The van der Waals surface area contributed by atoms with E-state index in [4.69, 9.17) is 13.9 Å². The van der Waals surface area contributed by atoms with Crippen molar-refractivity contribution >= 4 is 17.8 Å². The van der Waals surface area contributed by atoms with E-state index in [0.29, 0.717) is 33.9 Å². The van der Waals surface area contributed by atoms with Gasteiger partial charge in [-0.15, -0.1) is 0 Å². The van der Waals surface area contributed by atoms with Crippen LogP contribution in [0.2, 0.25) is 0 Å². The minimum Gasteiger partial charge on any atom is -0.465 e. The summed E-state index contributed by atoms with van der Waals surface area (Å²) in [5, 5.41) is 0. The number of fused-ring (bicyclic) bond motifs is 1. The number of allylic oxidation sites excluding steroid dienone is 1. The normalized spacial score (nSPS) is 14.2. The number of carbonyl (C=O) groups excluding carboxylic acids is 2. The Kier molecular flexibility index (Phi) is 3.89. The van der Waals surface area contributed by atoms with Crippen molar-refractivity contribution in [2.24, 2.45) is 0 Å². The summed E-state index contributed by atoms with van der Waals surface area (Å²) in [5.41, 5.74) is 1.58. The van der Waals surface area contributed by atoms with Crippen LogP contribution in [0.5, 0.6) is 11.5 Å². The molecule has 3 aromatic rings. The van der Waals surface area contributed by atoms with Crippen LogP contribution in [-0.2, 0) is 0 Å². The summed E-state index contributed by atoms with van der Waals surface area (Å²) < 4.78 is 16.3. The number of esters is 1. The molecule has 4 rings (SSSR count). The second kappa shape index (κ2) is 6.37. The molecular formula is C21H14O5. The van der Waals surface area contributed by atoms with E-state index < -0.39 is 5.97 Å². The van der Waals surface area contributed by atoms with Crippen LogP contribution in [0.15, 0.2) is 71.0 Å². The molecule has 0 spiro atoms. The molecule has 5 nitrogen and oxygen atoms in total. The lowest BCUT2D eigenvalue weighted by molar-refractivity contribution is 0.0734. The number of rotatable bonds is 3. The molecule has 1 aromatic heterocycles. The highest BCUT2D eigenvalue weighted by Crippen LogP contribution is 2.37. The zero-order chi connectivity index (χ0) is 18.1. The average molecular weight is 346 g/mol. The van der Waals surface area contributed by atoms with Gasteiger partial charge in [0, 0.05) is 12.1 Å². The van der Waals surface area contributed by atoms with Crippen molar-refractivity contribution in [3.63, 3.8) is 0 Å². The number of Topliss-reactive ketones (excluding diaryl/α,β-unsaturated/α-hetero) is 1. The van der Waals surface area contributed by atoms with E-state index in [2.05, 4.69) is 0 Å². The molecule has 0 radical (unpaired) electrons. The van der Waals surface area contributed by atoms with E-state index >= 15 is 0 Å². The maximum absolute atomic E-state index is 12.6. The summed E-state index contributed by atoms with van der Waals surface area (Å²) in [6.07, 6.45) is 3.06. The van der Waals surface area contributed by atoms with Gasteiger partial charge in [0.2, 0.25) is 5.78 Å². The molecule has 0 saturated heterocycles. The van der Waals surface area contributed by atoms with Crippen molar-refractivity contribution in [1.29, 1.82) is 0 Å². The fourth-order valence-electron chi connectivity index (χ4n) is 2.78. The minimum absolute atomic E-state index is 0.171. The van der Waals surface area contributed by atoms with Crippen LogP contribution in [0.25, 0.3) is 6.08 Å². The van der Waals surface area contributed by atoms with Crippen molar-refractivity contribution in [3.8, 4) is 11.5 Å². The van der Waals surface area contributed by atoms with Crippen molar-refractivity contribution in [1.82, 2.24) is 0 Å². The number of carbonyl (C=O) groups is 2. The second-order valence-corrected chi connectivity index (χ2v) is 5.82. The monoisotopic (exact) mass is 346 g/mol. The van der Waals surface area contributed by atoms with Crippen LogP contribution >= 0.6 is 0 Å². The van der Waals surface area contributed by atoms with Crippen LogP contribution in [0.4, 0.5) is 0 Å². The third-order valence-corrected chi connectivity index (χ3v) is 3.98. The minimum atomic E-state index is -0.472. The fraction of sp³-hybridized carbons (Fsp3) is 0.0476. The third-order valence-electron chi connectivity index (χ3n) is 3.98. The van der Waals surface area contributed by atoms with Crippen molar-refractivity contribution < 1.29 is 23.5 Å². The summed E-state index contributed by atoms with van der Waals surface area (Å²) in [6, 6.07) is 15.3. The molecule has 128 valence electrons. The standard InChI is InChI=1S/C21H14O5/c1-13-10-16(25-21(23)14-6-3-2-4-7-14)12-17-19(13)20(22)18(26-17)11-15-8-5-9-24-15/h2-12H,1H3/b18-11-. The molecular weight excluding hydrogens is 332 g/mol. The molecule has 1 aliphatic rings. The molecule has 5 heteroatoms. The molecule has 2 aromatic carbocycles. The summed E-state index contributed by atoms with van der Waals surface area (Å²) in [6.45, 7) is 1.77. The number of aryl methyl sites for hydroxylation is 1. The first-order valence-electron chi connectivity index (χ1n) is 8.01. The summed E-state index contributed by atoms with van der Waals surface area (Å²) in [4.78, 5) is 24.8. The van der Waals surface area contributed by atoms with Crippen LogP contribution in [0.3, 0.4) is 0 Å². The molecule has 26 heavy (non-hydrogen) atoms. The van der Waals surface area contributed by atoms with Crippen LogP contribution in [0, 0.1) is 6.92 Å². The second-order valence-electron chi connectivity index (χ2n) is 5.82. The zero-order valence-corrected chi connectivity index (χ0v) is 13.9. The lowest BCUT2D eigenvalue weighted by Gasteiger charge is -2.07. The first kappa shape index (κ1) is 15.9. The molecule has 0 atom stereocenters. The Balaban J connectivity index is 1.62. The highest BCUT2D eigenvalue weighted by molar-refractivity contribution is 6.15. The number of ketones is 1. The maximum Gasteiger partial charge on any atom is 0.343 e. The Labute approximate surface area is 149 Å². The van der Waals surface area contributed by atoms with Gasteiger partial charge in [-0.05, 0) is 42.8 Å². The smallest absolute Gasteiger partial charge is 0.343 e. The molecule has 0 N–H and O–H groups in total. The molecule has 0 bridgehead atoms. The summed E-state index contributed by atoms with van der Waals surface area (Å²) >= 11 is 0. The lowest BCUT2D eigenvalue weighted by atomic mass is 10.0. The Morgan fingerprint density at radius 3 is 2.62 bits per heavy atom. The van der Waals surface area contributed by atoms with Crippen molar-refractivity contribution in [3.05, 3.63) is 89.1 Å². The Morgan fingerprint density at radius 2 is 1.88 bits per heavy atom. The number of furan rings is 1. The highest BCUT2D eigenvalue weighted by atomic mass is 16.5. The van der Waals surface area contributed by atoms with Gasteiger partial charge in [0.15, 0.2) is 5.76 Å². The predicted octanol–water partition coefficient (Wildman–Crippen LogP) is 4.42. The number of benzene rings is 2. The molecule has 2 heterocycles. The molecule has 0 unspecified atom stereocenters. The SMILES string of the molecule is Cc1cc(OC(=O)c2ccccc2)cc2c1C(=O)/C(=C/c1ccco1)O2. The van der Waals surface area contributed by atoms with Gasteiger partial charge in [-0.1, -0.05) is 18.2 Å². The molecule has 0 saturated carbocycles. The van der Waals surface area contributed by atoms with Crippen LogP contribution in [0.1, 0.15) is 32.0 Å². The van der Waals surface area contributed by atoms with E-state index in [1.165, 1.54) is 12.3 Å². The Hall–Kier alpha value is -3.60. The Morgan fingerprint density at radius 1 is 1.08 bits per heavy atom. The zero-order valence-electron chi connectivity index (χ0n) is 13.9. The average Bonchev–Trinajstić information content (AvgIpc) is 3.24. The third kappa shape index (κ3) is 2.91. The fourth-order valence-corrected chi connectivity index (χ4v) is 2.78. The molecule has 0 amide bonds. The molecule has 0 fully saturated rings. The van der Waals surface area contributed by atoms with Crippen LogP contribution in [-0.4, -0.2) is 11.8 Å². The van der Waals surface area contributed by atoms with Gasteiger partial charge in [0.25, 0.3) is 0 Å². The first-order valence-corrected chi connectivity index (χ1v) is 8.01. The lowest BCUT2D eigenvalue weighted by Crippen LogP contribution is -2.08. The number of hydrogen-bond donors (Lipinski definition) is 0. The van der Waals surface area contributed by atoms with Gasteiger partial charge in [-0.2, -0.15) is 0 Å². The largest absolute Gasteiger partial charge is 0.465 e. The predicted molar refractivity (Wildman–Crippen MR) is 94.2 cm³/mol. The maximum atomic E-state index is 12.6. The molecule has 1 aliphatic heterocycles. The first-order chi connectivity index (χ1) is 12.6. The van der Waals surface area contributed by atoms with Gasteiger partial charge < -0.3 is 13.9 Å². The van der Waals surface area contributed by atoms with Crippen molar-refractivity contribution in [2.45, 2.75) is 6.92 Å². The van der Waals surface area contributed by atoms with E-state index in [1.807, 2.05) is 6.07 Å². The quantitative estimate of drug-likeness (QED) is 0.399. The molecule has 0 aliphatic carbocycles. The Bertz CT molecular complexity index is 1010. The summed E-state index contributed by atoms with van der Waals surface area (Å²) in [5.74, 6) is 0.681. The van der Waals surface area contributed by atoms with Gasteiger partial charge >= 0.3 is 5.97 Å². The topological polar surface area (TPSA) is 65.7 Å². The summed E-state index contributed by atoms with van der Waals surface area (Å²) in [7, 11) is 0. The number of hydrogen-bond acceptors (Lipinski definition) is 5. The van der Waals surface area contributed by atoms with Gasteiger partial charge in [-0.3, -0.25) is 4.79 Å². The van der Waals surface area contributed by atoms with Gasteiger partial charge in [0.05, 0.1) is 17.4 Å².